The van der Waals surface area contributed by atoms with Crippen LogP contribution in [-0.2, 0) is 16.3 Å². The molecule has 0 fully saturated rings. The summed E-state index contributed by atoms with van der Waals surface area (Å²) in [4.78, 5) is 0. The van der Waals surface area contributed by atoms with Crippen molar-refractivity contribution in [1.29, 1.82) is 0 Å². The molecule has 1 heterocycles. The van der Waals surface area contributed by atoms with Crippen molar-refractivity contribution in [3.63, 3.8) is 0 Å². The molecule has 0 atom stereocenters. The van der Waals surface area contributed by atoms with Crippen molar-refractivity contribution in [3.8, 4) is 0 Å². The Morgan fingerprint density at radius 2 is 2.33 bits per heavy atom. The van der Waals surface area contributed by atoms with E-state index < -0.39 is 9.73 Å². The van der Waals surface area contributed by atoms with Gasteiger partial charge in [0.25, 0.3) is 0 Å². The average molecular weight is 188 g/mol. The molecule has 0 spiro atoms. The molecule has 0 N–H and O–H groups in total. The highest BCUT2D eigenvalue weighted by Crippen LogP contribution is 2.04. The molecule has 0 saturated carbocycles. The van der Waals surface area contributed by atoms with Gasteiger partial charge in [0.2, 0.25) is 0 Å². The molecule has 0 aliphatic carbocycles. The van der Waals surface area contributed by atoms with Crippen molar-refractivity contribution < 1.29 is 8.73 Å². The summed E-state index contributed by atoms with van der Waals surface area (Å²) in [5.41, 5.74) is 0.818. The topological polar surface area (TPSA) is 55.5 Å². The van der Waals surface area contributed by atoms with Gasteiger partial charge in [0.1, 0.15) is 6.54 Å². The first-order valence-corrected chi connectivity index (χ1v) is 5.85. The number of aromatic nitrogens is 1. The number of rotatable bonds is 2. The van der Waals surface area contributed by atoms with E-state index >= 15 is 0 Å². The largest absolute Gasteiger partial charge is 0.359 e. The quantitative estimate of drug-likeness (QED) is 0.701. The fourth-order valence-electron chi connectivity index (χ4n) is 0.710. The lowest BCUT2D eigenvalue weighted by Gasteiger charge is -1.91. The molecule has 0 unspecified atom stereocenters. The minimum absolute atomic E-state index is 0.340. The van der Waals surface area contributed by atoms with Crippen LogP contribution in [0.1, 0.15) is 11.5 Å². The maximum absolute atomic E-state index is 11.1. The Labute approximate surface area is 72.1 Å². The smallest absolute Gasteiger partial charge is 0.159 e. The van der Waals surface area contributed by atoms with Crippen LogP contribution < -0.4 is 0 Å². The van der Waals surface area contributed by atoms with Crippen LogP contribution in [0, 0.1) is 6.92 Å². The Balaban J connectivity index is 2.73. The summed E-state index contributed by atoms with van der Waals surface area (Å²) in [6.07, 6.45) is 3.19. The summed E-state index contributed by atoms with van der Waals surface area (Å²) in [6, 6.07) is 1.79. The fourth-order valence-corrected chi connectivity index (χ4v) is 1.15. The summed E-state index contributed by atoms with van der Waals surface area (Å²) in [7, 11) is -2.03. The first-order chi connectivity index (χ1) is 5.47. The van der Waals surface area contributed by atoms with Crippen LogP contribution in [-0.4, -0.2) is 21.9 Å². The molecule has 0 saturated heterocycles. The standard InChI is InChI=1S/C7H12N2O2S/c1-6-4-7(11-9-6)5-8-12(2,3)10/h4H,5H2,1-3H3. The van der Waals surface area contributed by atoms with Crippen LogP contribution in [0.3, 0.4) is 0 Å². The van der Waals surface area contributed by atoms with Crippen LogP contribution >= 0.6 is 0 Å². The van der Waals surface area contributed by atoms with Crippen LogP contribution in [0.15, 0.2) is 15.0 Å². The van der Waals surface area contributed by atoms with E-state index in [1.54, 1.807) is 18.6 Å². The fraction of sp³-hybridized carbons (Fsp3) is 0.571. The summed E-state index contributed by atoms with van der Waals surface area (Å²) in [5.74, 6) is 0.656. The van der Waals surface area contributed by atoms with Gasteiger partial charge in [-0.05, 0) is 6.92 Å². The minimum Gasteiger partial charge on any atom is -0.359 e. The van der Waals surface area contributed by atoms with Gasteiger partial charge in [0, 0.05) is 28.3 Å². The predicted octanol–water partition coefficient (Wildman–Crippen LogP) is 1.21. The van der Waals surface area contributed by atoms with Gasteiger partial charge in [-0.25, -0.2) is 4.36 Å². The highest BCUT2D eigenvalue weighted by molar-refractivity contribution is 7.92. The molecule has 4 nitrogen and oxygen atoms in total. The SMILES string of the molecule is Cc1cc(CN=S(C)(C)=O)on1. The van der Waals surface area contributed by atoms with Crippen molar-refractivity contribution in [2.24, 2.45) is 4.36 Å². The van der Waals surface area contributed by atoms with Gasteiger partial charge in [-0.3, -0.25) is 4.21 Å². The minimum atomic E-state index is -2.03. The Morgan fingerprint density at radius 1 is 1.67 bits per heavy atom. The van der Waals surface area contributed by atoms with Gasteiger partial charge in [0.05, 0.1) is 5.69 Å². The molecule has 68 valence electrons. The second-order valence-electron chi connectivity index (χ2n) is 2.90. The van der Waals surface area contributed by atoms with Gasteiger partial charge >= 0.3 is 0 Å². The molecular formula is C7H12N2O2S. The monoisotopic (exact) mass is 188 g/mol. The van der Waals surface area contributed by atoms with Crippen molar-refractivity contribution in [3.05, 3.63) is 17.5 Å². The number of aryl methyl sites for hydroxylation is 1. The Hall–Kier alpha value is -0.840. The third-order valence-electron chi connectivity index (χ3n) is 1.21. The van der Waals surface area contributed by atoms with Gasteiger partial charge in [-0.1, -0.05) is 5.16 Å². The van der Waals surface area contributed by atoms with Crippen LogP contribution in [0.2, 0.25) is 0 Å². The molecule has 12 heavy (non-hydrogen) atoms. The molecule has 5 heteroatoms. The van der Waals surface area contributed by atoms with Crippen molar-refractivity contribution in [1.82, 2.24) is 5.16 Å². The van der Waals surface area contributed by atoms with E-state index in [1.165, 1.54) is 0 Å². The third-order valence-corrected chi connectivity index (χ3v) is 1.96. The van der Waals surface area contributed by atoms with E-state index in [4.69, 9.17) is 4.52 Å². The van der Waals surface area contributed by atoms with E-state index in [0.29, 0.717) is 12.3 Å². The van der Waals surface area contributed by atoms with E-state index in [1.807, 2.05) is 6.92 Å². The van der Waals surface area contributed by atoms with Gasteiger partial charge in [-0.15, -0.1) is 0 Å². The second-order valence-corrected chi connectivity index (χ2v) is 5.52. The van der Waals surface area contributed by atoms with E-state index in [-0.39, 0.29) is 0 Å². The highest BCUT2D eigenvalue weighted by atomic mass is 32.2. The molecular weight excluding hydrogens is 176 g/mol. The Morgan fingerprint density at radius 3 is 2.75 bits per heavy atom. The van der Waals surface area contributed by atoms with E-state index in [2.05, 4.69) is 9.52 Å². The van der Waals surface area contributed by atoms with Gasteiger partial charge in [0.15, 0.2) is 5.76 Å². The number of hydrogen-bond acceptors (Lipinski definition) is 4. The zero-order valence-corrected chi connectivity index (χ0v) is 8.22. The van der Waals surface area contributed by atoms with E-state index in [0.717, 1.165) is 5.69 Å². The van der Waals surface area contributed by atoms with Crippen molar-refractivity contribution in [2.75, 3.05) is 12.5 Å². The molecule has 0 bridgehead atoms. The van der Waals surface area contributed by atoms with Crippen molar-refractivity contribution >= 4 is 9.73 Å². The van der Waals surface area contributed by atoms with Gasteiger partial charge < -0.3 is 4.52 Å². The first-order valence-electron chi connectivity index (χ1n) is 3.52. The lowest BCUT2D eigenvalue weighted by Crippen LogP contribution is -1.91. The van der Waals surface area contributed by atoms with Crippen LogP contribution in [0.5, 0.6) is 0 Å². The molecule has 1 aromatic heterocycles. The van der Waals surface area contributed by atoms with E-state index in [9.17, 15) is 4.21 Å². The average Bonchev–Trinajstić information content (AvgIpc) is 2.30. The second kappa shape index (κ2) is 3.26. The number of nitrogens with zero attached hydrogens (tertiary/aromatic N) is 2. The maximum Gasteiger partial charge on any atom is 0.159 e. The third kappa shape index (κ3) is 3.04. The molecule has 1 aromatic rings. The molecule has 0 radical (unpaired) electrons. The Bertz CT molecular complexity index is 367. The highest BCUT2D eigenvalue weighted by Gasteiger charge is 1.99. The predicted molar refractivity (Wildman–Crippen MR) is 47.4 cm³/mol. The lowest BCUT2D eigenvalue weighted by molar-refractivity contribution is 0.381. The zero-order chi connectivity index (χ0) is 9.19. The summed E-state index contributed by atoms with van der Waals surface area (Å²) in [5, 5.41) is 3.69. The Kier molecular flexibility index (Phi) is 2.52. The molecule has 0 aliphatic heterocycles. The maximum atomic E-state index is 11.1. The summed E-state index contributed by atoms with van der Waals surface area (Å²) < 4.78 is 20.0. The van der Waals surface area contributed by atoms with Crippen LogP contribution in [0.25, 0.3) is 0 Å². The zero-order valence-electron chi connectivity index (χ0n) is 7.40. The molecule has 1 rings (SSSR count). The summed E-state index contributed by atoms with van der Waals surface area (Å²) in [6.45, 7) is 2.18. The van der Waals surface area contributed by atoms with Crippen LogP contribution in [0.4, 0.5) is 0 Å². The number of hydrogen-bond donors (Lipinski definition) is 0. The molecule has 0 aromatic carbocycles. The molecule has 0 aliphatic rings. The van der Waals surface area contributed by atoms with Crippen molar-refractivity contribution in [2.45, 2.75) is 13.5 Å². The molecule has 0 amide bonds. The first kappa shape index (κ1) is 9.25. The van der Waals surface area contributed by atoms with Gasteiger partial charge in [-0.2, -0.15) is 0 Å². The lowest BCUT2D eigenvalue weighted by atomic mass is 10.4. The summed E-state index contributed by atoms with van der Waals surface area (Å²) >= 11 is 0. The normalized spacial score (nSPS) is 11.6.